The third kappa shape index (κ3) is 4.38. The number of imide groups is 1. The molecule has 2 aromatic carbocycles. The van der Waals surface area contributed by atoms with Gasteiger partial charge in [-0.05, 0) is 60.5 Å². The maximum absolute atomic E-state index is 12.8. The molecule has 0 bridgehead atoms. The predicted octanol–water partition coefficient (Wildman–Crippen LogP) is 4.38. The number of thioether (sulfide) groups is 1. The monoisotopic (exact) mass is 408 g/mol. The van der Waals surface area contributed by atoms with Gasteiger partial charge in [0.15, 0.2) is 0 Å². The third-order valence-corrected chi connectivity index (χ3v) is 6.16. The molecule has 2 saturated heterocycles. The molecule has 2 fully saturated rings. The van der Waals surface area contributed by atoms with Gasteiger partial charge in [-0.3, -0.25) is 14.5 Å². The van der Waals surface area contributed by atoms with Gasteiger partial charge in [-0.2, -0.15) is 0 Å². The van der Waals surface area contributed by atoms with Crippen molar-refractivity contribution in [3.63, 3.8) is 0 Å². The Balaban J connectivity index is 1.51. The van der Waals surface area contributed by atoms with Crippen LogP contribution in [0.4, 0.5) is 10.5 Å². The van der Waals surface area contributed by atoms with Gasteiger partial charge in [0, 0.05) is 18.8 Å². The molecule has 4 rings (SSSR count). The number of hydrogen-bond donors (Lipinski definition) is 0. The van der Waals surface area contributed by atoms with Crippen LogP contribution < -0.4 is 4.90 Å². The van der Waals surface area contributed by atoms with Gasteiger partial charge < -0.3 is 9.64 Å². The maximum Gasteiger partial charge on any atom is 0.293 e. The van der Waals surface area contributed by atoms with Crippen molar-refractivity contribution in [2.24, 2.45) is 0 Å². The summed E-state index contributed by atoms with van der Waals surface area (Å²) in [6.07, 6.45) is 1.83. The summed E-state index contributed by atoms with van der Waals surface area (Å²) in [5.41, 5.74) is 5.31. The van der Waals surface area contributed by atoms with Crippen LogP contribution in [0.5, 0.6) is 0 Å². The smallest absolute Gasteiger partial charge is 0.293 e. The van der Waals surface area contributed by atoms with E-state index in [4.69, 9.17) is 4.74 Å². The van der Waals surface area contributed by atoms with Crippen LogP contribution in [0, 0.1) is 13.8 Å². The Bertz CT molecular complexity index is 963. The number of benzene rings is 2. The van der Waals surface area contributed by atoms with Gasteiger partial charge in [-0.25, -0.2) is 0 Å². The van der Waals surface area contributed by atoms with E-state index < -0.39 is 0 Å². The van der Waals surface area contributed by atoms with Crippen LogP contribution in [0.2, 0.25) is 0 Å². The number of hydrogen-bond acceptors (Lipinski definition) is 5. The van der Waals surface area contributed by atoms with Crippen molar-refractivity contribution in [3.8, 4) is 0 Å². The number of carbonyl (C=O) groups is 2. The Labute approximate surface area is 175 Å². The summed E-state index contributed by atoms with van der Waals surface area (Å²) in [7, 11) is 0. The summed E-state index contributed by atoms with van der Waals surface area (Å²) >= 11 is 1.01. The molecule has 2 aliphatic heterocycles. The van der Waals surface area contributed by atoms with Crippen LogP contribution in [-0.4, -0.2) is 42.3 Å². The van der Waals surface area contributed by atoms with E-state index in [0.717, 1.165) is 66.0 Å². The molecule has 6 heteroatoms. The molecule has 2 aliphatic rings. The highest BCUT2D eigenvalue weighted by Crippen LogP contribution is 2.34. The van der Waals surface area contributed by atoms with Gasteiger partial charge in [0.25, 0.3) is 11.1 Å². The van der Waals surface area contributed by atoms with Crippen LogP contribution in [0.1, 0.15) is 22.3 Å². The predicted molar refractivity (Wildman–Crippen MR) is 117 cm³/mol. The first kappa shape index (κ1) is 19.7. The maximum atomic E-state index is 12.8. The molecule has 2 amide bonds. The van der Waals surface area contributed by atoms with Gasteiger partial charge in [0.2, 0.25) is 0 Å². The Hall–Kier alpha value is -2.57. The average Bonchev–Trinajstić information content (AvgIpc) is 2.99. The van der Waals surface area contributed by atoms with Crippen molar-refractivity contribution < 1.29 is 14.3 Å². The van der Waals surface area contributed by atoms with E-state index in [2.05, 4.69) is 17.0 Å². The highest BCUT2D eigenvalue weighted by Gasteiger charge is 2.35. The lowest BCUT2D eigenvalue weighted by Gasteiger charge is -2.29. The van der Waals surface area contributed by atoms with Gasteiger partial charge in [0.05, 0.1) is 24.7 Å². The van der Waals surface area contributed by atoms with Gasteiger partial charge >= 0.3 is 0 Å². The Morgan fingerprint density at radius 3 is 2.45 bits per heavy atom. The number of carbonyl (C=O) groups excluding carboxylic acids is 2. The molecular formula is C23H24N2O3S. The molecule has 5 nitrogen and oxygen atoms in total. The lowest BCUT2D eigenvalue weighted by molar-refractivity contribution is -0.123. The van der Waals surface area contributed by atoms with Gasteiger partial charge in [0.1, 0.15) is 0 Å². The van der Waals surface area contributed by atoms with Crippen LogP contribution in [-0.2, 0) is 16.1 Å². The second-order valence-corrected chi connectivity index (χ2v) is 8.39. The standard InChI is InChI=1S/C23H24N2O3S/c1-16-3-5-18(6-4-16)15-25-22(26)21(29-23(25)27)14-19-7-8-20(13-17(19)2)24-9-11-28-12-10-24/h3-8,13-14H,9-12,15H2,1-2H3/b21-14-. The van der Waals surface area contributed by atoms with Crippen molar-refractivity contribution in [3.05, 3.63) is 69.6 Å². The molecule has 2 heterocycles. The van der Waals surface area contributed by atoms with Crippen molar-refractivity contribution in [1.29, 1.82) is 0 Å². The van der Waals surface area contributed by atoms with Crippen molar-refractivity contribution in [2.45, 2.75) is 20.4 Å². The van der Waals surface area contributed by atoms with Crippen LogP contribution in [0.3, 0.4) is 0 Å². The number of nitrogens with zero attached hydrogens (tertiary/aromatic N) is 2. The lowest BCUT2D eigenvalue weighted by Crippen LogP contribution is -2.36. The first-order chi connectivity index (χ1) is 14.0. The van der Waals surface area contributed by atoms with E-state index in [1.165, 1.54) is 4.90 Å². The van der Waals surface area contributed by atoms with Crippen LogP contribution >= 0.6 is 11.8 Å². The summed E-state index contributed by atoms with van der Waals surface area (Å²) in [5.74, 6) is -0.225. The molecule has 0 radical (unpaired) electrons. The number of ether oxygens (including phenoxy) is 1. The van der Waals surface area contributed by atoms with Gasteiger partial charge in [-0.1, -0.05) is 35.9 Å². The number of amides is 2. The molecule has 0 aromatic heterocycles. The Kier molecular flexibility index (Phi) is 5.74. The average molecular weight is 409 g/mol. The Morgan fingerprint density at radius 2 is 1.76 bits per heavy atom. The summed E-state index contributed by atoms with van der Waals surface area (Å²) < 4.78 is 5.42. The highest BCUT2D eigenvalue weighted by atomic mass is 32.2. The zero-order chi connectivity index (χ0) is 20.4. The van der Waals surface area contributed by atoms with Crippen LogP contribution in [0.15, 0.2) is 47.4 Å². The second-order valence-electron chi connectivity index (χ2n) is 7.39. The molecule has 0 aliphatic carbocycles. The van der Waals surface area contributed by atoms with Gasteiger partial charge in [-0.15, -0.1) is 0 Å². The molecule has 2 aromatic rings. The topological polar surface area (TPSA) is 49.9 Å². The van der Waals surface area contributed by atoms with Crippen molar-refractivity contribution in [2.75, 3.05) is 31.2 Å². The molecule has 0 unspecified atom stereocenters. The van der Waals surface area contributed by atoms with E-state index in [9.17, 15) is 9.59 Å². The second kappa shape index (κ2) is 8.43. The SMILES string of the molecule is Cc1ccc(CN2C(=O)S/C(=C\c3ccc(N4CCOCC4)cc3C)C2=O)cc1. The minimum absolute atomic E-state index is 0.218. The van der Waals surface area contributed by atoms with E-state index >= 15 is 0 Å². The van der Waals surface area contributed by atoms with E-state index in [1.807, 2.05) is 50.3 Å². The normalized spacial score (nSPS) is 18.8. The number of morpholine rings is 1. The quantitative estimate of drug-likeness (QED) is 0.703. The minimum atomic E-state index is -0.225. The molecule has 0 spiro atoms. The summed E-state index contributed by atoms with van der Waals surface area (Å²) in [5, 5.41) is -0.218. The number of anilines is 1. The first-order valence-corrected chi connectivity index (χ1v) is 10.6. The van der Waals surface area contributed by atoms with E-state index in [0.29, 0.717) is 11.4 Å². The largest absolute Gasteiger partial charge is 0.378 e. The molecule has 0 N–H and O–H groups in total. The fourth-order valence-corrected chi connectivity index (χ4v) is 4.32. The number of aryl methyl sites for hydroxylation is 2. The zero-order valence-electron chi connectivity index (χ0n) is 16.7. The molecule has 0 saturated carbocycles. The number of rotatable bonds is 4. The summed E-state index contributed by atoms with van der Waals surface area (Å²) in [4.78, 5) is 29.3. The zero-order valence-corrected chi connectivity index (χ0v) is 17.5. The molecule has 0 atom stereocenters. The first-order valence-electron chi connectivity index (χ1n) is 9.75. The third-order valence-electron chi connectivity index (χ3n) is 5.25. The van der Waals surface area contributed by atoms with Crippen molar-refractivity contribution >= 4 is 34.7 Å². The lowest BCUT2D eigenvalue weighted by atomic mass is 10.1. The minimum Gasteiger partial charge on any atom is -0.378 e. The van der Waals surface area contributed by atoms with E-state index in [1.54, 1.807) is 0 Å². The summed E-state index contributed by atoms with van der Waals surface area (Å²) in [6, 6.07) is 14.1. The fourth-order valence-electron chi connectivity index (χ4n) is 3.49. The summed E-state index contributed by atoms with van der Waals surface area (Å²) in [6.45, 7) is 7.61. The molecule has 29 heavy (non-hydrogen) atoms. The molecule has 150 valence electrons. The molecular weight excluding hydrogens is 384 g/mol. The van der Waals surface area contributed by atoms with Crippen molar-refractivity contribution in [1.82, 2.24) is 4.90 Å². The van der Waals surface area contributed by atoms with Crippen LogP contribution in [0.25, 0.3) is 6.08 Å². The fraction of sp³-hybridized carbons (Fsp3) is 0.304. The van der Waals surface area contributed by atoms with E-state index in [-0.39, 0.29) is 11.1 Å². The Morgan fingerprint density at radius 1 is 1.03 bits per heavy atom. The highest BCUT2D eigenvalue weighted by molar-refractivity contribution is 8.18.